The largest absolute Gasteiger partial charge is 0.502 e. The van der Waals surface area contributed by atoms with Gasteiger partial charge in [-0.1, -0.05) is 31.9 Å². The average Bonchev–Trinajstić information content (AvgIpc) is 2.74. The first-order chi connectivity index (χ1) is 15.2. The van der Waals surface area contributed by atoms with E-state index in [4.69, 9.17) is 0 Å². The smallest absolute Gasteiger partial charge is 0.312 e. The van der Waals surface area contributed by atoms with E-state index in [9.17, 15) is 30.4 Å². The molecule has 0 saturated heterocycles. The molecule has 0 amide bonds. The standard InChI is InChI=1S/C20H12Br2N4O6/c21-13-5-11(19(27)17(7-13)25(29)30)9-23-15-1-2-16(4-3-15)24-10-12-6-14(22)8-18(20(12)28)26(31)32/h1-10,27-28H. The summed E-state index contributed by atoms with van der Waals surface area (Å²) < 4.78 is 0.841. The van der Waals surface area contributed by atoms with Crippen LogP contribution in [0.2, 0.25) is 0 Å². The highest BCUT2D eigenvalue weighted by molar-refractivity contribution is 9.10. The number of phenols is 2. The van der Waals surface area contributed by atoms with Crippen molar-refractivity contribution < 1.29 is 20.1 Å². The fourth-order valence-electron chi connectivity index (χ4n) is 2.60. The van der Waals surface area contributed by atoms with E-state index in [1.54, 1.807) is 24.3 Å². The van der Waals surface area contributed by atoms with Crippen LogP contribution in [0.4, 0.5) is 22.7 Å². The minimum atomic E-state index is -0.693. The highest BCUT2D eigenvalue weighted by atomic mass is 79.9. The minimum absolute atomic E-state index is 0.167. The number of nitrogens with zero attached hydrogens (tertiary/aromatic N) is 4. The number of nitro benzene ring substituents is 2. The van der Waals surface area contributed by atoms with Gasteiger partial charge in [-0.05, 0) is 36.4 Å². The third-order valence-corrected chi connectivity index (χ3v) is 5.03. The molecule has 0 radical (unpaired) electrons. The van der Waals surface area contributed by atoms with Crippen LogP contribution < -0.4 is 0 Å². The molecule has 0 fully saturated rings. The number of hydrogen-bond acceptors (Lipinski definition) is 8. The summed E-state index contributed by atoms with van der Waals surface area (Å²) in [6.07, 6.45) is 2.59. The number of phenolic OH excluding ortho intramolecular Hbond substituents is 2. The molecule has 12 heteroatoms. The van der Waals surface area contributed by atoms with Crippen molar-refractivity contribution in [2.24, 2.45) is 9.98 Å². The lowest BCUT2D eigenvalue weighted by Crippen LogP contribution is -1.92. The van der Waals surface area contributed by atoms with Gasteiger partial charge in [-0.3, -0.25) is 30.2 Å². The van der Waals surface area contributed by atoms with E-state index in [-0.39, 0.29) is 11.1 Å². The van der Waals surface area contributed by atoms with Gasteiger partial charge in [0.1, 0.15) is 0 Å². The summed E-state index contributed by atoms with van der Waals surface area (Å²) in [6, 6.07) is 11.9. The molecule has 0 aliphatic rings. The Labute approximate surface area is 197 Å². The number of rotatable bonds is 6. The van der Waals surface area contributed by atoms with Crippen molar-refractivity contribution in [1.29, 1.82) is 0 Å². The van der Waals surface area contributed by atoms with Gasteiger partial charge in [-0.25, -0.2) is 0 Å². The summed E-state index contributed by atoms with van der Waals surface area (Å²) in [5.41, 5.74) is 0.432. The Bertz CT molecular complexity index is 1180. The first-order valence-corrected chi connectivity index (χ1v) is 10.3. The number of aliphatic imine (C=N–C) groups is 2. The number of halogens is 2. The first kappa shape index (κ1) is 23.0. The van der Waals surface area contributed by atoms with Gasteiger partial charge in [0.25, 0.3) is 0 Å². The Kier molecular flexibility index (Phi) is 6.95. The lowest BCUT2D eigenvalue weighted by Gasteiger charge is -2.02. The van der Waals surface area contributed by atoms with Gasteiger partial charge >= 0.3 is 11.4 Å². The van der Waals surface area contributed by atoms with Crippen LogP contribution in [0, 0.1) is 20.2 Å². The Morgan fingerprint density at radius 3 is 1.38 bits per heavy atom. The molecule has 2 N–H and O–H groups in total. The monoisotopic (exact) mass is 562 g/mol. The maximum absolute atomic E-state index is 11.0. The fraction of sp³-hybridized carbons (Fsp3) is 0. The molecule has 3 aromatic rings. The van der Waals surface area contributed by atoms with Crippen LogP contribution in [-0.2, 0) is 0 Å². The highest BCUT2D eigenvalue weighted by Gasteiger charge is 2.18. The third kappa shape index (κ3) is 5.34. The van der Waals surface area contributed by atoms with E-state index in [0.29, 0.717) is 20.3 Å². The molecule has 3 aromatic carbocycles. The zero-order valence-corrected chi connectivity index (χ0v) is 19.0. The normalized spacial score (nSPS) is 11.3. The van der Waals surface area contributed by atoms with Crippen molar-refractivity contribution in [1.82, 2.24) is 0 Å². The predicted molar refractivity (Wildman–Crippen MR) is 126 cm³/mol. The number of benzene rings is 3. The van der Waals surface area contributed by atoms with E-state index in [0.717, 1.165) is 0 Å². The molecule has 0 atom stereocenters. The van der Waals surface area contributed by atoms with Crippen LogP contribution in [0.5, 0.6) is 11.5 Å². The molecule has 0 aliphatic heterocycles. The second-order valence-electron chi connectivity index (χ2n) is 6.27. The van der Waals surface area contributed by atoms with Gasteiger partial charge in [-0.2, -0.15) is 0 Å². The molecule has 0 unspecified atom stereocenters. The maximum Gasteiger partial charge on any atom is 0.312 e. The second kappa shape index (κ2) is 9.66. The summed E-state index contributed by atoms with van der Waals surface area (Å²) in [7, 11) is 0. The Hall–Kier alpha value is -3.64. The van der Waals surface area contributed by atoms with Crippen molar-refractivity contribution in [3.8, 4) is 11.5 Å². The SMILES string of the molecule is O=[N+]([O-])c1cc(Br)cc(C=Nc2ccc(N=Cc3cc(Br)cc([N+](=O)[O-])c3O)cc2)c1O. The van der Waals surface area contributed by atoms with Crippen LogP contribution in [0.25, 0.3) is 0 Å². The molecule has 32 heavy (non-hydrogen) atoms. The van der Waals surface area contributed by atoms with Crippen LogP contribution >= 0.6 is 31.9 Å². The van der Waals surface area contributed by atoms with Crippen molar-refractivity contribution in [2.75, 3.05) is 0 Å². The van der Waals surface area contributed by atoms with Gasteiger partial charge < -0.3 is 10.2 Å². The number of hydrogen-bond donors (Lipinski definition) is 2. The molecule has 0 spiro atoms. The molecule has 162 valence electrons. The van der Waals surface area contributed by atoms with Crippen LogP contribution in [0.15, 0.2) is 67.5 Å². The van der Waals surface area contributed by atoms with Crippen molar-refractivity contribution in [3.05, 3.63) is 88.8 Å². The van der Waals surface area contributed by atoms with E-state index < -0.39 is 32.7 Å². The number of nitro groups is 2. The molecule has 0 bridgehead atoms. The van der Waals surface area contributed by atoms with Gasteiger partial charge in [0.2, 0.25) is 11.5 Å². The quantitative estimate of drug-likeness (QED) is 0.215. The molecule has 3 rings (SSSR count). The molecule has 10 nitrogen and oxygen atoms in total. The molecule has 0 heterocycles. The van der Waals surface area contributed by atoms with E-state index in [1.165, 1.54) is 36.7 Å². The fourth-order valence-corrected chi connectivity index (χ4v) is 3.53. The van der Waals surface area contributed by atoms with E-state index in [1.807, 2.05) is 0 Å². The van der Waals surface area contributed by atoms with Crippen LogP contribution in [-0.4, -0.2) is 32.5 Å². The molecule has 0 aliphatic carbocycles. The lowest BCUT2D eigenvalue weighted by molar-refractivity contribution is -0.386. The van der Waals surface area contributed by atoms with Gasteiger partial charge in [0, 0.05) is 44.6 Å². The average molecular weight is 564 g/mol. The first-order valence-electron chi connectivity index (χ1n) is 8.67. The van der Waals surface area contributed by atoms with Gasteiger partial charge in [0.05, 0.1) is 21.2 Å². The lowest BCUT2D eigenvalue weighted by atomic mass is 10.2. The maximum atomic E-state index is 11.0. The van der Waals surface area contributed by atoms with Crippen molar-refractivity contribution in [3.63, 3.8) is 0 Å². The van der Waals surface area contributed by atoms with Gasteiger partial charge in [-0.15, -0.1) is 0 Å². The minimum Gasteiger partial charge on any atom is -0.502 e. The Morgan fingerprint density at radius 1 is 0.719 bits per heavy atom. The predicted octanol–water partition coefficient (Wildman–Crippen LogP) is 5.94. The molecule has 0 saturated carbocycles. The Morgan fingerprint density at radius 2 is 1.06 bits per heavy atom. The molecular weight excluding hydrogens is 552 g/mol. The number of aromatic hydroxyl groups is 2. The molecule has 0 aromatic heterocycles. The van der Waals surface area contributed by atoms with Crippen molar-refractivity contribution in [2.45, 2.75) is 0 Å². The summed E-state index contributed by atoms with van der Waals surface area (Å²) in [6.45, 7) is 0. The van der Waals surface area contributed by atoms with Crippen molar-refractivity contribution >= 4 is 67.0 Å². The second-order valence-corrected chi connectivity index (χ2v) is 8.10. The zero-order chi connectivity index (χ0) is 23.4. The van der Waals surface area contributed by atoms with Gasteiger partial charge in [0.15, 0.2) is 0 Å². The van der Waals surface area contributed by atoms with E-state index in [2.05, 4.69) is 41.8 Å². The third-order valence-electron chi connectivity index (χ3n) is 4.12. The van der Waals surface area contributed by atoms with Crippen LogP contribution in [0.3, 0.4) is 0 Å². The Balaban J connectivity index is 1.81. The highest BCUT2D eigenvalue weighted by Crippen LogP contribution is 2.34. The summed E-state index contributed by atoms with van der Waals surface area (Å²) in [5, 5.41) is 42.1. The summed E-state index contributed by atoms with van der Waals surface area (Å²) in [5.74, 6) is -0.989. The topological polar surface area (TPSA) is 151 Å². The van der Waals surface area contributed by atoms with Crippen LogP contribution in [0.1, 0.15) is 11.1 Å². The summed E-state index contributed by atoms with van der Waals surface area (Å²) >= 11 is 6.32. The van der Waals surface area contributed by atoms with E-state index >= 15 is 0 Å². The summed E-state index contributed by atoms with van der Waals surface area (Å²) in [4.78, 5) is 29.0. The molecular formula is C20H12Br2N4O6. The zero-order valence-electron chi connectivity index (χ0n) is 15.8.